The molecule has 0 amide bonds. The molecule has 2 N–H and O–H groups in total. The SMILES string of the molecule is CCc1nc(-c2nnn(C)c2CNc2nc(C3CC3)ns2)ccc1O[C@H]1CCC[C@H](C(=O)O)C1. The summed E-state index contributed by atoms with van der Waals surface area (Å²) in [7, 11) is 1.86. The molecule has 0 spiro atoms. The summed E-state index contributed by atoms with van der Waals surface area (Å²) in [6.07, 6.45) is 5.93. The number of carboxylic acid groups (broad SMARTS) is 1. The summed E-state index contributed by atoms with van der Waals surface area (Å²) in [6, 6.07) is 3.82. The predicted octanol–water partition coefficient (Wildman–Crippen LogP) is 3.80. The minimum absolute atomic E-state index is 0.100. The second-order valence-electron chi connectivity index (χ2n) is 9.03. The van der Waals surface area contributed by atoms with E-state index in [1.807, 2.05) is 26.1 Å². The number of carbonyl (C=O) groups is 1. The molecule has 2 atom stereocenters. The van der Waals surface area contributed by atoms with E-state index in [0.29, 0.717) is 36.7 Å². The van der Waals surface area contributed by atoms with Crippen LogP contribution in [0, 0.1) is 5.92 Å². The lowest BCUT2D eigenvalue weighted by molar-refractivity contribution is -0.143. The van der Waals surface area contributed by atoms with Crippen LogP contribution >= 0.6 is 11.5 Å². The van der Waals surface area contributed by atoms with Crippen LogP contribution in [0.3, 0.4) is 0 Å². The van der Waals surface area contributed by atoms with Crippen molar-refractivity contribution in [1.82, 2.24) is 29.3 Å². The second kappa shape index (κ2) is 9.65. The molecule has 3 aromatic heterocycles. The second-order valence-corrected chi connectivity index (χ2v) is 9.78. The monoisotopic (exact) mass is 483 g/mol. The normalized spacial score (nSPS) is 20.3. The third-order valence-electron chi connectivity index (χ3n) is 6.51. The number of aliphatic carboxylic acids is 1. The van der Waals surface area contributed by atoms with E-state index >= 15 is 0 Å². The molecule has 0 bridgehead atoms. The molecule has 0 aromatic carbocycles. The first-order chi connectivity index (χ1) is 16.5. The summed E-state index contributed by atoms with van der Waals surface area (Å²) in [6.45, 7) is 2.55. The van der Waals surface area contributed by atoms with E-state index in [4.69, 9.17) is 9.72 Å². The van der Waals surface area contributed by atoms with E-state index in [1.54, 1.807) is 4.68 Å². The van der Waals surface area contributed by atoms with Gasteiger partial charge in [-0.1, -0.05) is 12.1 Å². The quantitative estimate of drug-likeness (QED) is 0.467. The Morgan fingerprint density at radius 2 is 2.12 bits per heavy atom. The predicted molar refractivity (Wildman–Crippen MR) is 127 cm³/mol. The van der Waals surface area contributed by atoms with Gasteiger partial charge in [0, 0.05) is 24.5 Å². The molecular weight excluding hydrogens is 454 g/mol. The third-order valence-corrected chi connectivity index (χ3v) is 7.20. The number of anilines is 1. The van der Waals surface area contributed by atoms with Crippen molar-refractivity contribution < 1.29 is 14.6 Å². The summed E-state index contributed by atoms with van der Waals surface area (Å²) in [5, 5.41) is 22.1. The van der Waals surface area contributed by atoms with Crippen LogP contribution in [-0.4, -0.2) is 46.5 Å². The van der Waals surface area contributed by atoms with Crippen LogP contribution in [0.5, 0.6) is 5.75 Å². The molecule has 0 aliphatic heterocycles. The zero-order valence-corrected chi connectivity index (χ0v) is 20.2. The Balaban J connectivity index is 1.31. The Morgan fingerprint density at radius 3 is 2.88 bits per heavy atom. The van der Waals surface area contributed by atoms with Crippen LogP contribution < -0.4 is 10.1 Å². The van der Waals surface area contributed by atoms with Crippen molar-refractivity contribution in [3.63, 3.8) is 0 Å². The van der Waals surface area contributed by atoms with Crippen LogP contribution in [0.1, 0.15) is 68.6 Å². The van der Waals surface area contributed by atoms with Crippen molar-refractivity contribution in [2.45, 2.75) is 70.4 Å². The summed E-state index contributed by atoms with van der Waals surface area (Å²) in [5.74, 6) is 1.11. The van der Waals surface area contributed by atoms with Gasteiger partial charge in [-0.3, -0.25) is 4.79 Å². The summed E-state index contributed by atoms with van der Waals surface area (Å²) < 4.78 is 12.4. The third kappa shape index (κ3) is 4.89. The largest absolute Gasteiger partial charge is 0.488 e. The first kappa shape index (κ1) is 22.7. The lowest BCUT2D eigenvalue weighted by atomic mass is 9.87. The average Bonchev–Trinajstić information content (AvgIpc) is 3.47. The highest BCUT2D eigenvalue weighted by atomic mass is 32.1. The maximum atomic E-state index is 11.4. The molecule has 0 unspecified atom stereocenters. The van der Waals surface area contributed by atoms with Crippen LogP contribution in [0.15, 0.2) is 12.1 Å². The van der Waals surface area contributed by atoms with Gasteiger partial charge in [0.2, 0.25) is 5.13 Å². The van der Waals surface area contributed by atoms with E-state index in [-0.39, 0.29) is 12.0 Å². The number of aryl methyl sites for hydroxylation is 2. The highest BCUT2D eigenvalue weighted by Gasteiger charge is 2.29. The van der Waals surface area contributed by atoms with Gasteiger partial charge in [-0.2, -0.15) is 4.37 Å². The number of pyridine rings is 1. The highest BCUT2D eigenvalue weighted by Crippen LogP contribution is 2.39. The molecule has 5 rings (SSSR count). The van der Waals surface area contributed by atoms with Crippen LogP contribution in [0.4, 0.5) is 5.13 Å². The van der Waals surface area contributed by atoms with Gasteiger partial charge < -0.3 is 15.2 Å². The number of carboxylic acids is 1. The van der Waals surface area contributed by atoms with Crippen molar-refractivity contribution in [1.29, 1.82) is 0 Å². The van der Waals surface area contributed by atoms with Crippen LogP contribution in [0.25, 0.3) is 11.4 Å². The van der Waals surface area contributed by atoms with Crippen molar-refractivity contribution in [3.8, 4) is 17.1 Å². The van der Waals surface area contributed by atoms with Gasteiger partial charge in [-0.05, 0) is 57.1 Å². The minimum Gasteiger partial charge on any atom is -0.488 e. The Kier molecular flexibility index (Phi) is 6.44. The molecular formula is C23H29N7O3S. The lowest BCUT2D eigenvalue weighted by Crippen LogP contribution is -2.29. The molecule has 180 valence electrons. The van der Waals surface area contributed by atoms with Gasteiger partial charge in [-0.25, -0.2) is 14.6 Å². The topological polar surface area (TPSA) is 128 Å². The maximum absolute atomic E-state index is 11.4. The van der Waals surface area contributed by atoms with Crippen LogP contribution in [-0.2, 0) is 24.8 Å². The zero-order chi connectivity index (χ0) is 23.7. The van der Waals surface area contributed by atoms with Crippen molar-refractivity contribution in [2.75, 3.05) is 5.32 Å². The number of nitrogens with zero attached hydrogens (tertiary/aromatic N) is 6. The van der Waals surface area contributed by atoms with Gasteiger partial charge in [-0.15, -0.1) is 5.10 Å². The Bertz CT molecular complexity index is 1170. The smallest absolute Gasteiger partial charge is 0.306 e. The van der Waals surface area contributed by atoms with Gasteiger partial charge in [0.05, 0.1) is 35.6 Å². The van der Waals surface area contributed by atoms with Crippen molar-refractivity contribution >= 4 is 22.6 Å². The molecule has 3 heterocycles. The Hall–Kier alpha value is -3.08. The zero-order valence-electron chi connectivity index (χ0n) is 19.4. The van der Waals surface area contributed by atoms with Gasteiger partial charge in [0.15, 0.2) is 0 Å². The number of ether oxygens (including phenoxy) is 1. The summed E-state index contributed by atoms with van der Waals surface area (Å²) in [4.78, 5) is 20.8. The fourth-order valence-electron chi connectivity index (χ4n) is 4.38. The molecule has 3 aromatic rings. The van der Waals surface area contributed by atoms with Crippen LogP contribution in [0.2, 0.25) is 0 Å². The molecule has 10 nitrogen and oxygen atoms in total. The first-order valence-electron chi connectivity index (χ1n) is 11.9. The standard InChI is InChI=1S/C23H29N7O3S/c1-3-16-19(33-15-6-4-5-14(11-15)22(31)32)10-9-17(25-16)20-18(30(2)29-27-20)12-24-23-26-21(28-34-23)13-7-8-13/h9-10,13-15H,3-8,11-12H2,1-2H3,(H,31,32)(H,24,26,28)/t14-,15-/m0/s1. The van der Waals surface area contributed by atoms with E-state index in [9.17, 15) is 9.90 Å². The van der Waals surface area contributed by atoms with Crippen molar-refractivity contribution in [2.24, 2.45) is 13.0 Å². The molecule has 0 radical (unpaired) electrons. The molecule has 2 fully saturated rings. The molecule has 34 heavy (non-hydrogen) atoms. The number of aromatic nitrogens is 6. The van der Waals surface area contributed by atoms with Gasteiger partial charge in [0.25, 0.3) is 0 Å². The molecule has 0 saturated heterocycles. The van der Waals surface area contributed by atoms with Gasteiger partial charge >= 0.3 is 5.97 Å². The minimum atomic E-state index is -0.737. The van der Waals surface area contributed by atoms with Crippen molar-refractivity contribution in [3.05, 3.63) is 29.3 Å². The molecule has 11 heteroatoms. The fraction of sp³-hybridized carbons (Fsp3) is 0.565. The summed E-state index contributed by atoms with van der Waals surface area (Å²) >= 11 is 1.38. The molecule has 2 saturated carbocycles. The fourth-order valence-corrected chi connectivity index (χ4v) is 5.03. The molecule has 2 aliphatic rings. The van der Waals surface area contributed by atoms with E-state index in [1.165, 1.54) is 24.4 Å². The number of hydrogen-bond donors (Lipinski definition) is 2. The Labute approximate surface area is 201 Å². The van der Waals surface area contributed by atoms with E-state index in [2.05, 4.69) is 25.0 Å². The van der Waals surface area contributed by atoms with E-state index < -0.39 is 5.97 Å². The number of nitrogens with one attached hydrogen (secondary N) is 1. The highest BCUT2D eigenvalue weighted by molar-refractivity contribution is 7.09. The number of hydrogen-bond acceptors (Lipinski definition) is 9. The lowest BCUT2D eigenvalue weighted by Gasteiger charge is -2.28. The Morgan fingerprint density at radius 1 is 1.26 bits per heavy atom. The number of rotatable bonds is 9. The van der Waals surface area contributed by atoms with Gasteiger partial charge in [0.1, 0.15) is 17.3 Å². The maximum Gasteiger partial charge on any atom is 0.306 e. The molecule has 2 aliphatic carbocycles. The van der Waals surface area contributed by atoms with E-state index in [0.717, 1.165) is 47.3 Å². The average molecular weight is 484 g/mol. The summed E-state index contributed by atoms with van der Waals surface area (Å²) in [5.41, 5.74) is 3.18. The first-order valence-corrected chi connectivity index (χ1v) is 12.6.